The summed E-state index contributed by atoms with van der Waals surface area (Å²) >= 11 is 0. The molecule has 18 heavy (non-hydrogen) atoms. The summed E-state index contributed by atoms with van der Waals surface area (Å²) in [5.41, 5.74) is 0.276. The Hall–Kier alpha value is -1.88. The van der Waals surface area contributed by atoms with Crippen LogP contribution in [0.2, 0.25) is 0 Å². The van der Waals surface area contributed by atoms with Crippen LogP contribution in [-0.2, 0) is 4.74 Å². The minimum Gasteiger partial charge on any atom is -0.478 e. The Morgan fingerprint density at radius 1 is 1.61 bits per heavy atom. The summed E-state index contributed by atoms with van der Waals surface area (Å²) < 4.78 is 18.8. The second kappa shape index (κ2) is 6.76. The van der Waals surface area contributed by atoms with Gasteiger partial charge in [0.15, 0.2) is 0 Å². The number of aromatic carboxylic acids is 1. The molecule has 1 aromatic carbocycles. The highest BCUT2D eigenvalue weighted by Gasteiger charge is 2.13. The van der Waals surface area contributed by atoms with Gasteiger partial charge in [-0.15, -0.1) is 6.58 Å². The largest absolute Gasteiger partial charge is 0.478 e. The average molecular weight is 253 g/mol. The summed E-state index contributed by atoms with van der Waals surface area (Å²) in [5.74, 6) is -1.71. The summed E-state index contributed by atoms with van der Waals surface area (Å²) in [6, 6.07) is 3.85. The Morgan fingerprint density at radius 3 is 2.83 bits per heavy atom. The number of carboxylic acid groups (broad SMARTS) is 1. The lowest BCUT2D eigenvalue weighted by Gasteiger charge is -2.23. The van der Waals surface area contributed by atoms with Crippen LogP contribution in [-0.4, -0.2) is 37.9 Å². The second-order valence-corrected chi connectivity index (χ2v) is 3.70. The molecule has 0 aliphatic heterocycles. The molecule has 0 saturated carbocycles. The van der Waals surface area contributed by atoms with Crippen LogP contribution in [0.15, 0.2) is 30.9 Å². The van der Waals surface area contributed by atoms with Crippen LogP contribution in [0, 0.1) is 5.82 Å². The van der Waals surface area contributed by atoms with Crippen molar-refractivity contribution >= 4 is 11.7 Å². The molecule has 4 nitrogen and oxygen atoms in total. The molecular formula is C13H16FNO3. The van der Waals surface area contributed by atoms with Crippen molar-refractivity contribution in [1.29, 1.82) is 0 Å². The fourth-order valence-corrected chi connectivity index (χ4v) is 1.56. The van der Waals surface area contributed by atoms with Crippen molar-refractivity contribution in [3.63, 3.8) is 0 Å². The summed E-state index contributed by atoms with van der Waals surface area (Å²) in [5, 5.41) is 8.77. The van der Waals surface area contributed by atoms with Crippen molar-refractivity contribution in [2.24, 2.45) is 0 Å². The summed E-state index contributed by atoms with van der Waals surface area (Å²) in [6.45, 7) is 5.03. The molecule has 5 heteroatoms. The molecule has 0 aromatic heterocycles. The van der Waals surface area contributed by atoms with Crippen LogP contribution in [0.25, 0.3) is 0 Å². The van der Waals surface area contributed by atoms with Gasteiger partial charge in [0.25, 0.3) is 0 Å². The molecule has 0 heterocycles. The molecule has 0 spiro atoms. The molecule has 0 aliphatic rings. The summed E-state index contributed by atoms with van der Waals surface area (Å²) in [7, 11) is 1.57. The zero-order valence-electron chi connectivity index (χ0n) is 10.2. The molecule has 0 amide bonds. The number of anilines is 1. The first kappa shape index (κ1) is 14.2. The smallest absolute Gasteiger partial charge is 0.335 e. The maximum Gasteiger partial charge on any atom is 0.335 e. The number of rotatable bonds is 7. The topological polar surface area (TPSA) is 49.8 Å². The monoisotopic (exact) mass is 253 g/mol. The minimum absolute atomic E-state index is 0.0680. The molecule has 0 unspecified atom stereocenters. The van der Waals surface area contributed by atoms with Crippen molar-refractivity contribution in [1.82, 2.24) is 0 Å². The van der Waals surface area contributed by atoms with Gasteiger partial charge in [0.05, 0.1) is 17.9 Å². The third-order valence-corrected chi connectivity index (χ3v) is 2.45. The number of hydrogen-bond donors (Lipinski definition) is 1. The first-order valence-corrected chi connectivity index (χ1v) is 5.47. The van der Waals surface area contributed by atoms with E-state index < -0.39 is 11.8 Å². The molecule has 0 atom stereocenters. The third-order valence-electron chi connectivity index (χ3n) is 2.45. The van der Waals surface area contributed by atoms with Crippen molar-refractivity contribution in [2.45, 2.75) is 0 Å². The Morgan fingerprint density at radius 2 is 2.33 bits per heavy atom. The van der Waals surface area contributed by atoms with Gasteiger partial charge < -0.3 is 14.7 Å². The average Bonchev–Trinajstić information content (AvgIpc) is 2.34. The quantitative estimate of drug-likeness (QED) is 0.756. The van der Waals surface area contributed by atoms with Crippen LogP contribution >= 0.6 is 0 Å². The van der Waals surface area contributed by atoms with Crippen LogP contribution in [0.5, 0.6) is 0 Å². The Bertz CT molecular complexity index is 434. The van der Waals surface area contributed by atoms with E-state index in [4.69, 9.17) is 9.84 Å². The Labute approximate surface area is 105 Å². The minimum atomic E-state index is -1.15. The van der Waals surface area contributed by atoms with E-state index in [1.807, 2.05) is 0 Å². The normalized spacial score (nSPS) is 10.1. The highest BCUT2D eigenvalue weighted by molar-refractivity contribution is 5.88. The first-order valence-electron chi connectivity index (χ1n) is 5.47. The number of nitrogens with zero attached hydrogens (tertiary/aromatic N) is 1. The fourth-order valence-electron chi connectivity index (χ4n) is 1.56. The van der Waals surface area contributed by atoms with Gasteiger partial charge in [-0.1, -0.05) is 6.08 Å². The molecule has 0 saturated heterocycles. The van der Waals surface area contributed by atoms with Gasteiger partial charge in [0, 0.05) is 20.2 Å². The number of carboxylic acids is 1. The molecule has 1 N–H and O–H groups in total. The Kier molecular flexibility index (Phi) is 5.32. The Balaban J connectivity index is 2.97. The predicted octanol–water partition coefficient (Wildman–Crippen LogP) is 2.16. The van der Waals surface area contributed by atoms with Crippen molar-refractivity contribution in [2.75, 3.05) is 31.7 Å². The highest BCUT2D eigenvalue weighted by atomic mass is 19.1. The highest BCUT2D eigenvalue weighted by Crippen LogP contribution is 2.20. The fraction of sp³-hybridized carbons (Fsp3) is 0.308. The van der Waals surface area contributed by atoms with Gasteiger partial charge in [-0.3, -0.25) is 0 Å². The second-order valence-electron chi connectivity index (χ2n) is 3.70. The SMILES string of the molecule is C=CCN(CCOC)c1ccc(C(=O)O)cc1F. The van der Waals surface area contributed by atoms with E-state index in [9.17, 15) is 9.18 Å². The van der Waals surface area contributed by atoms with Crippen molar-refractivity contribution < 1.29 is 19.0 Å². The molecule has 0 radical (unpaired) electrons. The van der Waals surface area contributed by atoms with E-state index in [0.717, 1.165) is 6.07 Å². The number of methoxy groups -OCH3 is 1. The van der Waals surface area contributed by atoms with Gasteiger partial charge in [0.1, 0.15) is 5.82 Å². The maximum absolute atomic E-state index is 13.8. The lowest BCUT2D eigenvalue weighted by Crippen LogP contribution is -2.28. The van der Waals surface area contributed by atoms with E-state index in [2.05, 4.69) is 6.58 Å². The van der Waals surface area contributed by atoms with E-state index >= 15 is 0 Å². The molecule has 98 valence electrons. The van der Waals surface area contributed by atoms with Crippen molar-refractivity contribution in [3.05, 3.63) is 42.2 Å². The van der Waals surface area contributed by atoms with Gasteiger partial charge >= 0.3 is 5.97 Å². The number of benzene rings is 1. The standard InChI is InChI=1S/C13H16FNO3/c1-3-6-15(7-8-18-2)12-5-4-10(13(16)17)9-11(12)14/h3-5,9H,1,6-8H2,2H3,(H,16,17). The van der Waals surface area contributed by atoms with E-state index in [-0.39, 0.29) is 5.56 Å². The number of ether oxygens (including phenoxy) is 1. The zero-order chi connectivity index (χ0) is 13.5. The van der Waals surface area contributed by atoms with Gasteiger partial charge in [-0.25, -0.2) is 9.18 Å². The van der Waals surface area contributed by atoms with E-state index in [0.29, 0.717) is 25.4 Å². The number of carbonyl (C=O) groups is 1. The van der Waals surface area contributed by atoms with Gasteiger partial charge in [-0.2, -0.15) is 0 Å². The number of hydrogen-bond acceptors (Lipinski definition) is 3. The molecule has 0 aliphatic carbocycles. The van der Waals surface area contributed by atoms with Crippen LogP contribution in [0.1, 0.15) is 10.4 Å². The van der Waals surface area contributed by atoms with E-state index in [1.165, 1.54) is 12.1 Å². The lowest BCUT2D eigenvalue weighted by atomic mass is 10.2. The zero-order valence-corrected chi connectivity index (χ0v) is 10.2. The van der Waals surface area contributed by atoms with Crippen molar-refractivity contribution in [3.8, 4) is 0 Å². The van der Waals surface area contributed by atoms with Gasteiger partial charge in [0.2, 0.25) is 0 Å². The van der Waals surface area contributed by atoms with E-state index in [1.54, 1.807) is 18.1 Å². The molecule has 1 aromatic rings. The lowest BCUT2D eigenvalue weighted by molar-refractivity contribution is 0.0696. The summed E-state index contributed by atoms with van der Waals surface area (Å²) in [4.78, 5) is 12.4. The predicted molar refractivity (Wildman–Crippen MR) is 67.6 cm³/mol. The number of halogens is 1. The molecule has 0 bridgehead atoms. The molecular weight excluding hydrogens is 237 g/mol. The third kappa shape index (κ3) is 3.56. The van der Waals surface area contributed by atoms with Crippen LogP contribution in [0.4, 0.5) is 10.1 Å². The summed E-state index contributed by atoms with van der Waals surface area (Å²) in [6.07, 6.45) is 1.65. The van der Waals surface area contributed by atoms with Crippen LogP contribution < -0.4 is 4.90 Å². The maximum atomic E-state index is 13.8. The molecule has 1 rings (SSSR count). The molecule has 0 fully saturated rings. The first-order chi connectivity index (χ1) is 8.60. The van der Waals surface area contributed by atoms with Crippen LogP contribution in [0.3, 0.4) is 0 Å². The van der Waals surface area contributed by atoms with Gasteiger partial charge in [-0.05, 0) is 18.2 Å².